The summed E-state index contributed by atoms with van der Waals surface area (Å²) in [5.41, 5.74) is 10.9. The topological polar surface area (TPSA) is 55.9 Å². The predicted octanol–water partition coefficient (Wildman–Crippen LogP) is 4.87. The number of hydrogen-bond donors (Lipinski definition) is 1. The molecule has 2 aromatic carbocycles. The molecule has 0 radical (unpaired) electrons. The smallest absolute Gasteiger partial charge is 0.174 e. The number of nitrogens with two attached hydrogens (primary N) is 1. The van der Waals surface area contributed by atoms with Gasteiger partial charge in [-0.25, -0.2) is 4.57 Å². The minimum atomic E-state index is 0.777. The van der Waals surface area contributed by atoms with E-state index in [1.807, 2.05) is 49.8 Å². The normalized spacial score (nSPS) is 11.3. The van der Waals surface area contributed by atoms with Crippen LogP contribution >= 0.6 is 0 Å². The Morgan fingerprint density at radius 1 is 1.00 bits per heavy atom. The van der Waals surface area contributed by atoms with Crippen LogP contribution in [0, 0.1) is 6.92 Å². The first-order valence-corrected chi connectivity index (χ1v) is 9.28. The largest absolute Gasteiger partial charge is 0.456 e. The van der Waals surface area contributed by atoms with E-state index in [1.165, 1.54) is 5.56 Å². The van der Waals surface area contributed by atoms with Gasteiger partial charge in [0.15, 0.2) is 18.9 Å². The second kappa shape index (κ2) is 6.50. The van der Waals surface area contributed by atoms with Crippen LogP contribution in [0.25, 0.3) is 33.1 Å². The van der Waals surface area contributed by atoms with Crippen molar-refractivity contribution in [2.24, 2.45) is 0 Å². The Hall–Kier alpha value is -3.66. The number of furan rings is 1. The Morgan fingerprint density at radius 2 is 1.89 bits per heavy atom. The van der Waals surface area contributed by atoms with E-state index in [-0.39, 0.29) is 0 Å². The van der Waals surface area contributed by atoms with E-state index in [9.17, 15) is 0 Å². The highest BCUT2D eigenvalue weighted by molar-refractivity contribution is 5.97. The van der Waals surface area contributed by atoms with Gasteiger partial charge in [-0.3, -0.25) is 4.98 Å². The summed E-state index contributed by atoms with van der Waals surface area (Å²) in [6, 6.07) is 18.6. The molecular formula is C24H20N3O+. The molecule has 4 heteroatoms. The Bertz CT molecular complexity index is 1290. The molecule has 3 heterocycles. The zero-order chi connectivity index (χ0) is 19.1. The van der Waals surface area contributed by atoms with Crippen molar-refractivity contribution in [3.63, 3.8) is 0 Å². The van der Waals surface area contributed by atoms with Crippen LogP contribution in [-0.4, -0.2) is 4.98 Å². The lowest BCUT2D eigenvalue weighted by Gasteiger charge is -2.06. The summed E-state index contributed by atoms with van der Waals surface area (Å²) in [4.78, 5) is 4.42. The van der Waals surface area contributed by atoms with Gasteiger partial charge in [0.2, 0.25) is 0 Å². The predicted molar refractivity (Wildman–Crippen MR) is 112 cm³/mol. The third-order valence-electron chi connectivity index (χ3n) is 5.14. The third-order valence-corrected chi connectivity index (χ3v) is 5.14. The lowest BCUT2D eigenvalue weighted by molar-refractivity contribution is -0.688. The van der Waals surface area contributed by atoms with Crippen molar-refractivity contribution in [2.75, 3.05) is 5.73 Å². The van der Waals surface area contributed by atoms with Crippen LogP contribution in [0.4, 0.5) is 5.69 Å². The van der Waals surface area contributed by atoms with Gasteiger partial charge in [0.05, 0.1) is 0 Å². The number of hydrogen-bond acceptors (Lipinski definition) is 3. The lowest BCUT2D eigenvalue weighted by atomic mass is 10.0. The molecule has 0 fully saturated rings. The second-order valence-electron chi connectivity index (χ2n) is 7.15. The zero-order valence-corrected chi connectivity index (χ0v) is 15.6. The number of pyridine rings is 2. The number of aryl methyl sites for hydroxylation is 1. The summed E-state index contributed by atoms with van der Waals surface area (Å²) < 4.78 is 8.24. The van der Waals surface area contributed by atoms with Crippen molar-refractivity contribution >= 4 is 27.4 Å². The van der Waals surface area contributed by atoms with E-state index < -0.39 is 0 Å². The first-order chi connectivity index (χ1) is 13.7. The third kappa shape index (κ3) is 2.89. The first kappa shape index (κ1) is 16.5. The Labute approximate surface area is 162 Å². The van der Waals surface area contributed by atoms with Crippen molar-refractivity contribution in [2.45, 2.75) is 13.5 Å². The van der Waals surface area contributed by atoms with Crippen LogP contribution in [0.2, 0.25) is 0 Å². The molecule has 5 rings (SSSR count). The van der Waals surface area contributed by atoms with E-state index in [2.05, 4.69) is 46.1 Å². The summed E-state index contributed by atoms with van der Waals surface area (Å²) in [5, 5.41) is 3.33. The molecule has 0 aliphatic carbocycles. The minimum absolute atomic E-state index is 0.777. The molecule has 0 saturated heterocycles. The molecule has 0 amide bonds. The number of para-hydroxylation sites is 1. The number of aromatic nitrogens is 2. The average Bonchev–Trinajstić information content (AvgIpc) is 3.14. The summed E-state index contributed by atoms with van der Waals surface area (Å²) >= 11 is 0. The van der Waals surface area contributed by atoms with Crippen molar-refractivity contribution < 1.29 is 8.98 Å². The fourth-order valence-corrected chi connectivity index (χ4v) is 3.60. The van der Waals surface area contributed by atoms with Crippen LogP contribution in [0.3, 0.4) is 0 Å². The van der Waals surface area contributed by atoms with Crippen LogP contribution in [-0.2, 0) is 6.54 Å². The molecule has 28 heavy (non-hydrogen) atoms. The number of benzene rings is 2. The van der Waals surface area contributed by atoms with Gasteiger partial charge < -0.3 is 10.2 Å². The molecule has 0 spiro atoms. The second-order valence-corrected chi connectivity index (χ2v) is 7.15. The molecule has 5 aromatic rings. The summed E-state index contributed by atoms with van der Waals surface area (Å²) in [5.74, 6) is 0.840. The summed E-state index contributed by atoms with van der Waals surface area (Å²) in [6.45, 7) is 2.80. The maximum atomic E-state index is 6.09. The van der Waals surface area contributed by atoms with Gasteiger partial charge in [0.1, 0.15) is 11.3 Å². The Morgan fingerprint density at radius 3 is 2.75 bits per heavy atom. The van der Waals surface area contributed by atoms with Gasteiger partial charge in [-0.05, 0) is 30.5 Å². The van der Waals surface area contributed by atoms with Gasteiger partial charge in [0.25, 0.3) is 0 Å². The molecule has 136 valence electrons. The molecule has 0 atom stereocenters. The minimum Gasteiger partial charge on any atom is -0.456 e. The highest BCUT2D eigenvalue weighted by atomic mass is 16.3. The van der Waals surface area contributed by atoms with Crippen LogP contribution in [0.1, 0.15) is 11.1 Å². The van der Waals surface area contributed by atoms with Crippen LogP contribution < -0.4 is 10.3 Å². The molecular weight excluding hydrogens is 346 g/mol. The number of rotatable bonds is 3. The Kier molecular flexibility index (Phi) is 3.83. The highest BCUT2D eigenvalue weighted by Crippen LogP contribution is 2.32. The highest BCUT2D eigenvalue weighted by Gasteiger charge is 2.12. The van der Waals surface area contributed by atoms with Crippen molar-refractivity contribution in [1.29, 1.82) is 0 Å². The van der Waals surface area contributed by atoms with Gasteiger partial charge in [-0.15, -0.1) is 0 Å². The lowest BCUT2D eigenvalue weighted by Crippen LogP contribution is -2.33. The standard InChI is InChI=1S/C24H19N3O/c1-16-14-27(9-8-22(16)25)15-17-6-7-19-12-26-13-21(20(19)10-17)24-11-18-4-2-3-5-23(18)28-24/h2-14,25H,15H2,1H3/p+1. The number of nitrogen functional groups attached to an aromatic ring is 1. The summed E-state index contributed by atoms with van der Waals surface area (Å²) in [7, 11) is 0. The molecule has 0 bridgehead atoms. The van der Waals surface area contributed by atoms with Gasteiger partial charge in [-0.2, -0.15) is 0 Å². The number of nitrogens with zero attached hydrogens (tertiary/aromatic N) is 2. The molecule has 4 nitrogen and oxygen atoms in total. The van der Waals surface area contributed by atoms with Gasteiger partial charge >= 0.3 is 0 Å². The molecule has 0 unspecified atom stereocenters. The maximum Gasteiger partial charge on any atom is 0.174 e. The average molecular weight is 366 g/mol. The monoisotopic (exact) mass is 366 g/mol. The van der Waals surface area contributed by atoms with E-state index >= 15 is 0 Å². The maximum absolute atomic E-state index is 6.09. The summed E-state index contributed by atoms with van der Waals surface area (Å²) in [6.07, 6.45) is 7.86. The SMILES string of the molecule is Cc1c[n+](Cc2ccc3cncc(-c4cc5ccccc5o4)c3c2)ccc1N. The quantitative estimate of drug-likeness (QED) is 0.463. The Balaban J connectivity index is 1.60. The first-order valence-electron chi connectivity index (χ1n) is 9.28. The fourth-order valence-electron chi connectivity index (χ4n) is 3.60. The molecule has 2 N–H and O–H groups in total. The zero-order valence-electron chi connectivity index (χ0n) is 15.6. The van der Waals surface area contributed by atoms with Gasteiger partial charge in [-0.1, -0.05) is 30.3 Å². The molecule has 0 aliphatic rings. The molecule has 0 aliphatic heterocycles. The number of anilines is 1. The van der Waals surface area contributed by atoms with E-state index in [4.69, 9.17) is 10.2 Å². The van der Waals surface area contributed by atoms with Crippen molar-refractivity contribution in [3.05, 3.63) is 90.5 Å². The van der Waals surface area contributed by atoms with Crippen LogP contribution in [0.5, 0.6) is 0 Å². The van der Waals surface area contributed by atoms with E-state index in [0.717, 1.165) is 50.9 Å². The number of fused-ring (bicyclic) bond motifs is 2. The fraction of sp³-hybridized carbons (Fsp3) is 0.0833. The molecule has 3 aromatic heterocycles. The van der Waals surface area contributed by atoms with Crippen molar-refractivity contribution in [1.82, 2.24) is 4.98 Å². The van der Waals surface area contributed by atoms with Gasteiger partial charge in [0, 0.05) is 51.6 Å². The van der Waals surface area contributed by atoms with E-state index in [1.54, 1.807) is 0 Å². The van der Waals surface area contributed by atoms with Crippen LogP contribution in [0.15, 0.2) is 83.8 Å². The van der Waals surface area contributed by atoms with E-state index in [0.29, 0.717) is 0 Å². The van der Waals surface area contributed by atoms with Crippen molar-refractivity contribution in [3.8, 4) is 11.3 Å². The molecule has 0 saturated carbocycles.